The molecule has 0 amide bonds. The maximum absolute atomic E-state index is 6.68. The molecule has 0 aliphatic rings. The molecule has 0 aliphatic heterocycles. The minimum absolute atomic E-state index is 0.843. The molecule has 348 valence electrons. The summed E-state index contributed by atoms with van der Waals surface area (Å²) in [5.41, 5.74) is 11.4. The Balaban J connectivity index is 1.12. The van der Waals surface area contributed by atoms with E-state index in [0.29, 0.717) is 0 Å². The van der Waals surface area contributed by atoms with Crippen molar-refractivity contribution in [1.82, 2.24) is 0 Å². The third kappa shape index (κ3) is 6.73. The van der Waals surface area contributed by atoms with Crippen LogP contribution in [0.5, 0.6) is 0 Å². The molecule has 74 heavy (non-hydrogen) atoms. The third-order valence-corrected chi connectivity index (χ3v) is 16.8. The largest absolute Gasteiger partial charge is 0.456 e. The first-order valence-corrected chi connectivity index (χ1v) is 26.6. The van der Waals surface area contributed by atoms with Gasteiger partial charge in [0, 0.05) is 90.3 Å². The molecule has 0 unspecified atom stereocenters. The van der Waals surface area contributed by atoms with E-state index in [0.717, 1.165) is 73.1 Å². The Morgan fingerprint density at radius 1 is 0.270 bits per heavy atom. The molecule has 0 atom stereocenters. The van der Waals surface area contributed by atoms with Gasteiger partial charge in [-0.05, 0) is 102 Å². The summed E-state index contributed by atoms with van der Waals surface area (Å²) in [6.07, 6.45) is 0. The first-order chi connectivity index (χ1) is 36.7. The van der Waals surface area contributed by atoms with E-state index in [-0.39, 0.29) is 0 Å². The second-order valence-electron chi connectivity index (χ2n) is 18.8. The van der Waals surface area contributed by atoms with E-state index in [9.17, 15) is 0 Å². The van der Waals surface area contributed by atoms with Gasteiger partial charge in [-0.15, -0.1) is 22.7 Å². The summed E-state index contributed by atoms with van der Waals surface area (Å²) in [7, 11) is 0. The predicted molar refractivity (Wildman–Crippen MR) is 319 cm³/mol. The van der Waals surface area contributed by atoms with Gasteiger partial charge in [0.05, 0.1) is 28.1 Å². The van der Waals surface area contributed by atoms with Crippen molar-refractivity contribution in [2.75, 3.05) is 14.7 Å². The molecule has 12 aromatic carbocycles. The predicted octanol–water partition coefficient (Wildman–Crippen LogP) is 21.0. The molecular weight excluding hydrogens is 939 g/mol. The standard InChI is InChI=1S/C68H43N3OS2/c1-5-23-45(24-6-1)69(46-25-7-2-8-26-46)57-43-55-65-58(71(48-29-11-4-12-30-48)56-36-21-38-60-64(56)53-34-17-19-37-59(53)72-60)41-49(42-63(65)74-68(55)52-33-16-15-32-51(52)57)70(47-27-9-3-10-28-47)67-50-31-14-13-22-44(50)40-62-66(67)54-35-18-20-39-61(54)73-62/h1-43H. The van der Waals surface area contributed by atoms with Gasteiger partial charge in [-0.2, -0.15) is 0 Å². The van der Waals surface area contributed by atoms with Gasteiger partial charge in [0.15, 0.2) is 0 Å². The number of anilines is 9. The first kappa shape index (κ1) is 42.5. The van der Waals surface area contributed by atoms with Crippen LogP contribution in [0.2, 0.25) is 0 Å². The van der Waals surface area contributed by atoms with Gasteiger partial charge < -0.3 is 19.1 Å². The summed E-state index contributed by atoms with van der Waals surface area (Å²) < 4.78 is 11.6. The molecule has 0 saturated carbocycles. The van der Waals surface area contributed by atoms with Crippen LogP contribution in [0, 0.1) is 0 Å². The summed E-state index contributed by atoms with van der Waals surface area (Å²) in [5, 5.41) is 11.8. The maximum atomic E-state index is 6.68. The number of nitrogens with zero attached hydrogens (tertiary/aromatic N) is 3. The summed E-state index contributed by atoms with van der Waals surface area (Å²) in [6, 6.07) is 94.8. The molecule has 0 aliphatic carbocycles. The zero-order chi connectivity index (χ0) is 48.7. The van der Waals surface area contributed by atoms with Gasteiger partial charge >= 0.3 is 0 Å². The smallest absolute Gasteiger partial charge is 0.137 e. The molecule has 3 aromatic heterocycles. The average molecular weight is 982 g/mol. The Kier molecular flexibility index (Phi) is 9.90. The monoisotopic (exact) mass is 981 g/mol. The molecule has 6 heteroatoms. The Bertz CT molecular complexity index is 4580. The zero-order valence-electron chi connectivity index (χ0n) is 39.9. The molecule has 0 N–H and O–H groups in total. The van der Waals surface area contributed by atoms with Crippen molar-refractivity contribution in [3.8, 4) is 0 Å². The topological polar surface area (TPSA) is 22.9 Å². The highest BCUT2D eigenvalue weighted by Gasteiger charge is 2.29. The highest BCUT2D eigenvalue weighted by atomic mass is 32.1. The number of benzene rings is 12. The Labute approximate surface area is 435 Å². The molecular formula is C68H43N3OS2. The van der Waals surface area contributed by atoms with Gasteiger partial charge in [0.2, 0.25) is 0 Å². The van der Waals surface area contributed by atoms with Crippen LogP contribution in [-0.2, 0) is 0 Å². The number of hydrogen-bond donors (Lipinski definition) is 0. The minimum Gasteiger partial charge on any atom is -0.456 e. The van der Waals surface area contributed by atoms with Crippen molar-refractivity contribution in [1.29, 1.82) is 0 Å². The Hall–Kier alpha value is -9.20. The highest BCUT2D eigenvalue weighted by Crippen LogP contribution is 2.55. The van der Waals surface area contributed by atoms with Gasteiger partial charge in [-0.1, -0.05) is 164 Å². The normalized spacial score (nSPS) is 11.8. The summed E-state index contributed by atoms with van der Waals surface area (Å²) in [6.45, 7) is 0. The van der Waals surface area contributed by atoms with Crippen LogP contribution >= 0.6 is 22.7 Å². The second-order valence-corrected chi connectivity index (χ2v) is 20.9. The van der Waals surface area contributed by atoms with Crippen LogP contribution in [0.25, 0.3) is 83.8 Å². The lowest BCUT2D eigenvalue weighted by molar-refractivity contribution is 0.669. The van der Waals surface area contributed by atoms with E-state index < -0.39 is 0 Å². The molecule has 4 nitrogen and oxygen atoms in total. The van der Waals surface area contributed by atoms with Crippen LogP contribution < -0.4 is 14.7 Å². The van der Waals surface area contributed by atoms with Crippen LogP contribution in [0.4, 0.5) is 51.2 Å². The van der Waals surface area contributed by atoms with Gasteiger partial charge in [-0.3, -0.25) is 0 Å². The SMILES string of the molecule is c1ccc(N(c2ccccc2)c2cc3c(sc4cc(N(c5ccccc5)c5c6ccccc6cc6sc7ccccc7c56)cc(N(c5ccccc5)c5cccc6oc7ccccc7c56)c43)c3ccccc23)cc1. The van der Waals surface area contributed by atoms with E-state index in [1.807, 2.05) is 22.7 Å². The number of para-hydroxylation sites is 5. The number of hydrogen-bond acceptors (Lipinski definition) is 6. The molecule has 0 bridgehead atoms. The van der Waals surface area contributed by atoms with Crippen molar-refractivity contribution < 1.29 is 4.42 Å². The number of rotatable bonds is 9. The summed E-state index contributed by atoms with van der Waals surface area (Å²) in [5.74, 6) is 0. The lowest BCUT2D eigenvalue weighted by atomic mass is 9.99. The van der Waals surface area contributed by atoms with Gasteiger partial charge in [0.1, 0.15) is 11.2 Å². The van der Waals surface area contributed by atoms with E-state index in [4.69, 9.17) is 4.42 Å². The van der Waals surface area contributed by atoms with Crippen LogP contribution in [-0.4, -0.2) is 0 Å². The maximum Gasteiger partial charge on any atom is 0.137 e. The average Bonchev–Trinajstić information content (AvgIpc) is 4.20. The summed E-state index contributed by atoms with van der Waals surface area (Å²) in [4.78, 5) is 7.44. The fourth-order valence-electron chi connectivity index (χ4n) is 11.4. The molecule has 0 fully saturated rings. The molecule has 15 aromatic rings. The van der Waals surface area contributed by atoms with Crippen molar-refractivity contribution >= 4 is 158 Å². The quantitative estimate of drug-likeness (QED) is 0.144. The van der Waals surface area contributed by atoms with Crippen molar-refractivity contribution in [3.05, 3.63) is 261 Å². The second kappa shape index (κ2) is 17.2. The molecule has 0 radical (unpaired) electrons. The minimum atomic E-state index is 0.843. The number of thiophene rings is 2. The lowest BCUT2D eigenvalue weighted by Crippen LogP contribution is -2.14. The molecule has 0 saturated heterocycles. The van der Waals surface area contributed by atoms with Crippen molar-refractivity contribution in [3.63, 3.8) is 0 Å². The molecule has 3 heterocycles. The lowest BCUT2D eigenvalue weighted by Gasteiger charge is -2.31. The van der Waals surface area contributed by atoms with Crippen molar-refractivity contribution in [2.45, 2.75) is 0 Å². The van der Waals surface area contributed by atoms with E-state index in [2.05, 4.69) is 276 Å². The zero-order valence-corrected chi connectivity index (χ0v) is 41.5. The first-order valence-electron chi connectivity index (χ1n) is 25.0. The molecule has 0 spiro atoms. The fraction of sp³-hybridized carbons (Fsp3) is 0. The van der Waals surface area contributed by atoms with Crippen LogP contribution in [0.3, 0.4) is 0 Å². The van der Waals surface area contributed by atoms with Crippen LogP contribution in [0.1, 0.15) is 0 Å². The van der Waals surface area contributed by atoms with Gasteiger partial charge in [0.25, 0.3) is 0 Å². The number of furan rings is 1. The van der Waals surface area contributed by atoms with E-state index >= 15 is 0 Å². The van der Waals surface area contributed by atoms with Crippen molar-refractivity contribution in [2.24, 2.45) is 0 Å². The fourth-order valence-corrected chi connectivity index (χ4v) is 13.8. The van der Waals surface area contributed by atoms with Crippen LogP contribution in [0.15, 0.2) is 265 Å². The van der Waals surface area contributed by atoms with E-state index in [1.54, 1.807) is 0 Å². The van der Waals surface area contributed by atoms with Gasteiger partial charge in [-0.25, -0.2) is 0 Å². The summed E-state index contributed by atoms with van der Waals surface area (Å²) >= 11 is 3.74. The Morgan fingerprint density at radius 2 is 0.811 bits per heavy atom. The highest BCUT2D eigenvalue weighted by molar-refractivity contribution is 7.27. The third-order valence-electron chi connectivity index (χ3n) is 14.5. The Morgan fingerprint density at radius 3 is 1.51 bits per heavy atom. The van der Waals surface area contributed by atoms with E-state index in [1.165, 1.54) is 61.9 Å². The molecule has 15 rings (SSSR count). The number of fused-ring (bicyclic) bond motifs is 12.